The Labute approximate surface area is 68.9 Å². The van der Waals surface area contributed by atoms with Gasteiger partial charge in [-0.25, -0.2) is 0 Å². The van der Waals surface area contributed by atoms with Crippen molar-refractivity contribution in [2.24, 2.45) is 5.73 Å². The molecule has 1 rings (SSSR count). The molecule has 0 aromatic rings. The molecule has 1 unspecified atom stereocenters. The third-order valence-corrected chi connectivity index (χ3v) is 1.99. The molecular weight excluding hydrogens is 171 g/mol. The Bertz CT molecular complexity index is 142. The third-order valence-electron chi connectivity index (χ3n) is 1.99. The fraction of sp³-hybridized carbons (Fsp3) is 1.00. The van der Waals surface area contributed by atoms with Crippen molar-refractivity contribution in [3.05, 3.63) is 0 Å². The van der Waals surface area contributed by atoms with Gasteiger partial charge in [-0.3, -0.25) is 0 Å². The minimum atomic E-state index is -4.33. The maximum atomic E-state index is 12.0. The molecule has 0 amide bonds. The minimum absolute atomic E-state index is 0.397. The van der Waals surface area contributed by atoms with E-state index in [1.807, 2.05) is 0 Å². The zero-order valence-corrected chi connectivity index (χ0v) is 6.60. The van der Waals surface area contributed by atoms with Crippen molar-refractivity contribution in [1.82, 2.24) is 0 Å². The van der Waals surface area contributed by atoms with Crippen molar-refractivity contribution in [1.29, 1.82) is 0 Å². The van der Waals surface area contributed by atoms with Crippen LogP contribution in [0.15, 0.2) is 0 Å². The maximum Gasteiger partial charge on any atom is 0.406 e. The summed E-state index contributed by atoms with van der Waals surface area (Å²) in [4.78, 5) is 0. The van der Waals surface area contributed by atoms with E-state index in [9.17, 15) is 13.2 Å². The van der Waals surface area contributed by atoms with Gasteiger partial charge in [-0.05, 0) is 19.3 Å². The van der Waals surface area contributed by atoms with Crippen LogP contribution in [0.25, 0.3) is 0 Å². The molecule has 1 aliphatic heterocycles. The highest BCUT2D eigenvalue weighted by Gasteiger charge is 2.42. The van der Waals surface area contributed by atoms with Crippen LogP contribution in [0.3, 0.4) is 0 Å². The van der Waals surface area contributed by atoms with E-state index in [-0.39, 0.29) is 0 Å². The van der Waals surface area contributed by atoms with Gasteiger partial charge in [0.2, 0.25) is 0 Å². The Morgan fingerprint density at radius 3 is 2.42 bits per heavy atom. The second-order valence-electron chi connectivity index (χ2n) is 2.97. The van der Waals surface area contributed by atoms with E-state index in [2.05, 4.69) is 0 Å². The van der Waals surface area contributed by atoms with E-state index >= 15 is 0 Å². The van der Waals surface area contributed by atoms with Crippen molar-refractivity contribution in [2.45, 2.75) is 37.6 Å². The van der Waals surface area contributed by atoms with E-state index in [0.717, 1.165) is 12.8 Å². The molecule has 0 bridgehead atoms. The van der Waals surface area contributed by atoms with Gasteiger partial charge in [0.05, 0.1) is 6.10 Å². The third kappa shape index (κ3) is 2.35. The number of alkyl halides is 3. The van der Waals surface area contributed by atoms with Crippen molar-refractivity contribution in [2.75, 3.05) is 6.61 Å². The molecule has 1 fully saturated rings. The number of rotatable bonds is 1. The quantitative estimate of drug-likeness (QED) is 0.667. The van der Waals surface area contributed by atoms with Crippen LogP contribution in [-0.4, -0.2) is 24.9 Å². The Balaban J connectivity index is 2.45. The molecule has 2 N–H and O–H groups in total. The molecule has 1 aliphatic rings. The van der Waals surface area contributed by atoms with Gasteiger partial charge in [-0.2, -0.15) is 13.2 Å². The lowest BCUT2D eigenvalue weighted by molar-refractivity contribution is -0.180. The predicted molar refractivity (Wildman–Crippen MR) is 37.6 cm³/mol. The van der Waals surface area contributed by atoms with Crippen LogP contribution in [0.1, 0.15) is 19.3 Å². The second kappa shape index (κ2) is 3.62. The molecule has 2 nitrogen and oxygen atoms in total. The van der Waals surface area contributed by atoms with Crippen molar-refractivity contribution in [3.63, 3.8) is 0 Å². The molecule has 0 spiro atoms. The molecular formula is C7H12F3NO. The fourth-order valence-electron chi connectivity index (χ4n) is 1.26. The van der Waals surface area contributed by atoms with Gasteiger partial charge < -0.3 is 10.5 Å². The van der Waals surface area contributed by atoms with Gasteiger partial charge in [0.15, 0.2) is 0 Å². The van der Waals surface area contributed by atoms with Crippen LogP contribution in [0, 0.1) is 0 Å². The number of hydrogen-bond acceptors (Lipinski definition) is 2. The van der Waals surface area contributed by atoms with E-state index < -0.39 is 18.3 Å². The number of nitrogens with two attached hydrogens (primary N) is 1. The number of ether oxygens (including phenoxy) is 1. The topological polar surface area (TPSA) is 35.2 Å². The van der Waals surface area contributed by atoms with Gasteiger partial charge in [0.1, 0.15) is 6.04 Å². The Morgan fingerprint density at radius 1 is 1.33 bits per heavy atom. The maximum absolute atomic E-state index is 12.0. The predicted octanol–water partition coefficient (Wildman–Crippen LogP) is 1.45. The highest BCUT2D eigenvalue weighted by molar-refractivity contribution is 4.81. The highest BCUT2D eigenvalue weighted by atomic mass is 19.4. The molecule has 12 heavy (non-hydrogen) atoms. The number of hydrogen-bond donors (Lipinski definition) is 1. The molecule has 5 heteroatoms. The first-order valence-corrected chi connectivity index (χ1v) is 3.95. The molecule has 72 valence electrons. The van der Waals surface area contributed by atoms with Gasteiger partial charge in [0.25, 0.3) is 0 Å². The lowest BCUT2D eigenvalue weighted by Gasteiger charge is -2.28. The molecule has 0 aliphatic carbocycles. The summed E-state index contributed by atoms with van der Waals surface area (Å²) in [6.07, 6.45) is -3.14. The molecule has 0 radical (unpaired) electrons. The van der Waals surface area contributed by atoms with Crippen LogP contribution in [0.5, 0.6) is 0 Å². The lowest BCUT2D eigenvalue weighted by atomic mass is 10.0. The largest absolute Gasteiger partial charge is 0.406 e. The van der Waals surface area contributed by atoms with E-state index in [0.29, 0.717) is 13.0 Å². The molecule has 2 atom stereocenters. The lowest BCUT2D eigenvalue weighted by Crippen LogP contribution is -2.49. The summed E-state index contributed by atoms with van der Waals surface area (Å²) in [6.45, 7) is 0.397. The van der Waals surface area contributed by atoms with Crippen LogP contribution in [0.2, 0.25) is 0 Å². The summed E-state index contributed by atoms with van der Waals surface area (Å²) in [5, 5.41) is 0. The van der Waals surface area contributed by atoms with E-state index in [4.69, 9.17) is 10.5 Å². The second-order valence-corrected chi connectivity index (χ2v) is 2.97. The average molecular weight is 183 g/mol. The first kappa shape index (κ1) is 9.80. The van der Waals surface area contributed by atoms with Gasteiger partial charge in [-0.15, -0.1) is 0 Å². The zero-order valence-electron chi connectivity index (χ0n) is 6.60. The molecule has 0 aromatic carbocycles. The van der Waals surface area contributed by atoms with Gasteiger partial charge >= 0.3 is 6.18 Å². The van der Waals surface area contributed by atoms with E-state index in [1.54, 1.807) is 0 Å². The minimum Gasteiger partial charge on any atom is -0.376 e. The smallest absolute Gasteiger partial charge is 0.376 e. The Morgan fingerprint density at radius 2 is 2.00 bits per heavy atom. The van der Waals surface area contributed by atoms with Crippen molar-refractivity contribution < 1.29 is 17.9 Å². The SMILES string of the molecule is N[C@H](C1CCCCO1)C(F)(F)F. The normalized spacial score (nSPS) is 28.5. The molecule has 0 saturated carbocycles. The molecule has 0 aromatic heterocycles. The first-order chi connectivity index (χ1) is 5.52. The van der Waals surface area contributed by atoms with Crippen molar-refractivity contribution >= 4 is 0 Å². The molecule has 1 heterocycles. The van der Waals surface area contributed by atoms with Crippen LogP contribution in [0.4, 0.5) is 13.2 Å². The number of halogens is 3. The average Bonchev–Trinajstić information content (AvgIpc) is 2.03. The Hall–Kier alpha value is -0.290. The van der Waals surface area contributed by atoms with Crippen LogP contribution in [-0.2, 0) is 4.74 Å². The standard InChI is InChI=1S/C7H12F3NO/c8-7(9,10)6(11)5-3-1-2-4-12-5/h5-6H,1-4,11H2/t5?,6-/m1/s1. The summed E-state index contributed by atoms with van der Waals surface area (Å²) in [7, 11) is 0. The Kier molecular flexibility index (Phi) is 2.95. The van der Waals surface area contributed by atoms with Crippen LogP contribution >= 0.6 is 0 Å². The highest BCUT2D eigenvalue weighted by Crippen LogP contribution is 2.26. The summed E-state index contributed by atoms with van der Waals surface area (Å²) in [6, 6.07) is -1.82. The van der Waals surface area contributed by atoms with Gasteiger partial charge in [0, 0.05) is 6.61 Å². The summed E-state index contributed by atoms with van der Waals surface area (Å²) >= 11 is 0. The first-order valence-electron chi connectivity index (χ1n) is 3.95. The van der Waals surface area contributed by atoms with Crippen molar-refractivity contribution in [3.8, 4) is 0 Å². The van der Waals surface area contributed by atoms with E-state index in [1.165, 1.54) is 0 Å². The summed E-state index contributed by atoms with van der Waals surface area (Å²) in [5.41, 5.74) is 4.98. The van der Waals surface area contributed by atoms with Crippen LogP contribution < -0.4 is 5.73 Å². The van der Waals surface area contributed by atoms with Gasteiger partial charge in [-0.1, -0.05) is 0 Å². The zero-order chi connectivity index (χ0) is 9.19. The summed E-state index contributed by atoms with van der Waals surface area (Å²) < 4.78 is 41.0. The molecule has 1 saturated heterocycles. The summed E-state index contributed by atoms with van der Waals surface area (Å²) in [5.74, 6) is 0. The fourth-order valence-corrected chi connectivity index (χ4v) is 1.26. The monoisotopic (exact) mass is 183 g/mol.